The summed E-state index contributed by atoms with van der Waals surface area (Å²) in [5.41, 5.74) is 3.24. The Morgan fingerprint density at radius 1 is 1.42 bits per heavy atom. The maximum absolute atomic E-state index is 9.21. The fourth-order valence-corrected chi connectivity index (χ4v) is 2.69. The lowest BCUT2D eigenvalue weighted by atomic mass is 9.91. The van der Waals surface area contributed by atoms with E-state index < -0.39 is 0 Å². The normalized spacial score (nSPS) is 15.6. The fraction of sp³-hybridized carbons (Fsp3) is 0.667. The van der Waals surface area contributed by atoms with Gasteiger partial charge in [-0.2, -0.15) is 0 Å². The maximum atomic E-state index is 9.21. The van der Waals surface area contributed by atoms with E-state index in [1.54, 1.807) is 7.11 Å². The SMILES string of the molecule is COc1c(C)cnc(CN(CCO)C2CCC2)c1C. The molecular formula is C15H24N2O2. The van der Waals surface area contributed by atoms with Gasteiger partial charge in [-0.1, -0.05) is 6.42 Å². The molecule has 0 aliphatic heterocycles. The van der Waals surface area contributed by atoms with Gasteiger partial charge in [0.2, 0.25) is 0 Å². The molecular weight excluding hydrogens is 240 g/mol. The van der Waals surface area contributed by atoms with Crippen molar-refractivity contribution in [1.29, 1.82) is 0 Å². The van der Waals surface area contributed by atoms with Crippen molar-refractivity contribution in [2.45, 2.75) is 45.7 Å². The van der Waals surface area contributed by atoms with Gasteiger partial charge in [0.25, 0.3) is 0 Å². The highest BCUT2D eigenvalue weighted by Crippen LogP contribution is 2.29. The van der Waals surface area contributed by atoms with E-state index in [-0.39, 0.29) is 6.61 Å². The minimum atomic E-state index is 0.207. The first kappa shape index (κ1) is 14.3. The summed E-state index contributed by atoms with van der Waals surface area (Å²) < 4.78 is 5.45. The quantitative estimate of drug-likeness (QED) is 0.854. The van der Waals surface area contributed by atoms with Crippen LogP contribution >= 0.6 is 0 Å². The summed E-state index contributed by atoms with van der Waals surface area (Å²) in [6.07, 6.45) is 5.65. The van der Waals surface area contributed by atoms with Crippen LogP contribution in [0, 0.1) is 13.8 Å². The second-order valence-corrected chi connectivity index (χ2v) is 5.32. The van der Waals surface area contributed by atoms with E-state index in [0.717, 1.165) is 35.7 Å². The van der Waals surface area contributed by atoms with E-state index in [0.29, 0.717) is 6.04 Å². The fourth-order valence-electron chi connectivity index (χ4n) is 2.69. The molecule has 2 rings (SSSR count). The lowest BCUT2D eigenvalue weighted by Gasteiger charge is -2.37. The Balaban J connectivity index is 2.16. The van der Waals surface area contributed by atoms with Gasteiger partial charge in [0.15, 0.2) is 0 Å². The molecule has 0 atom stereocenters. The number of pyridine rings is 1. The first-order chi connectivity index (χ1) is 9.17. The van der Waals surface area contributed by atoms with Crippen LogP contribution in [0.5, 0.6) is 5.75 Å². The van der Waals surface area contributed by atoms with Gasteiger partial charge < -0.3 is 9.84 Å². The van der Waals surface area contributed by atoms with Crippen LogP contribution in [-0.2, 0) is 6.54 Å². The summed E-state index contributed by atoms with van der Waals surface area (Å²) in [7, 11) is 1.70. The van der Waals surface area contributed by atoms with Gasteiger partial charge in [0, 0.05) is 36.5 Å². The predicted octanol–water partition coefficient (Wildman–Crippen LogP) is 2.05. The molecule has 0 radical (unpaired) electrons. The van der Waals surface area contributed by atoms with E-state index in [9.17, 15) is 5.11 Å². The second-order valence-electron chi connectivity index (χ2n) is 5.32. The number of aromatic nitrogens is 1. The zero-order chi connectivity index (χ0) is 13.8. The van der Waals surface area contributed by atoms with Crippen molar-refractivity contribution in [3.8, 4) is 5.75 Å². The van der Waals surface area contributed by atoms with E-state index in [1.807, 2.05) is 13.1 Å². The maximum Gasteiger partial charge on any atom is 0.128 e. The molecule has 1 N–H and O–H groups in total. The van der Waals surface area contributed by atoms with Crippen molar-refractivity contribution in [3.05, 3.63) is 23.0 Å². The van der Waals surface area contributed by atoms with Gasteiger partial charge in [-0.25, -0.2) is 0 Å². The zero-order valence-electron chi connectivity index (χ0n) is 12.1. The molecule has 0 saturated heterocycles. The molecule has 19 heavy (non-hydrogen) atoms. The smallest absolute Gasteiger partial charge is 0.128 e. The standard InChI is InChI=1S/C15H24N2O2/c1-11-9-16-14(12(2)15(11)19-3)10-17(7-8-18)13-5-4-6-13/h9,13,18H,4-8,10H2,1-3H3. The molecule has 1 heterocycles. The molecule has 0 bridgehead atoms. The third kappa shape index (κ3) is 3.07. The molecule has 1 saturated carbocycles. The summed E-state index contributed by atoms with van der Waals surface area (Å²) in [6.45, 7) is 5.81. The van der Waals surface area contributed by atoms with Crippen LogP contribution in [0.25, 0.3) is 0 Å². The number of aliphatic hydroxyl groups excluding tert-OH is 1. The zero-order valence-corrected chi connectivity index (χ0v) is 12.1. The first-order valence-electron chi connectivity index (χ1n) is 7.01. The topological polar surface area (TPSA) is 45.6 Å². The summed E-state index contributed by atoms with van der Waals surface area (Å²) >= 11 is 0. The van der Waals surface area contributed by atoms with Crippen molar-refractivity contribution in [2.75, 3.05) is 20.3 Å². The lowest BCUT2D eigenvalue weighted by molar-refractivity contribution is 0.0930. The lowest BCUT2D eigenvalue weighted by Crippen LogP contribution is -2.41. The Kier molecular flexibility index (Phi) is 4.77. The van der Waals surface area contributed by atoms with Crippen molar-refractivity contribution < 1.29 is 9.84 Å². The Hall–Kier alpha value is -1.13. The Bertz CT molecular complexity index is 430. The average Bonchev–Trinajstić information content (AvgIpc) is 2.31. The van der Waals surface area contributed by atoms with Crippen LogP contribution in [0.15, 0.2) is 6.20 Å². The Morgan fingerprint density at radius 2 is 2.16 bits per heavy atom. The number of aliphatic hydroxyl groups is 1. The molecule has 1 aliphatic rings. The van der Waals surface area contributed by atoms with Crippen LogP contribution in [0.3, 0.4) is 0 Å². The van der Waals surface area contributed by atoms with Crippen molar-refractivity contribution in [3.63, 3.8) is 0 Å². The highest BCUT2D eigenvalue weighted by molar-refractivity contribution is 5.41. The van der Waals surface area contributed by atoms with E-state index in [1.165, 1.54) is 19.3 Å². The number of hydrogen-bond acceptors (Lipinski definition) is 4. The largest absolute Gasteiger partial charge is 0.496 e. The molecule has 1 aromatic heterocycles. The summed E-state index contributed by atoms with van der Waals surface area (Å²) in [6, 6.07) is 0.612. The molecule has 0 aromatic carbocycles. The molecule has 4 nitrogen and oxygen atoms in total. The van der Waals surface area contributed by atoms with Gasteiger partial charge in [-0.15, -0.1) is 0 Å². The van der Waals surface area contributed by atoms with Crippen LogP contribution in [0.1, 0.15) is 36.1 Å². The summed E-state index contributed by atoms with van der Waals surface area (Å²) in [5.74, 6) is 0.933. The van der Waals surface area contributed by atoms with Crippen LogP contribution in [0.2, 0.25) is 0 Å². The van der Waals surface area contributed by atoms with E-state index in [2.05, 4.69) is 16.8 Å². The molecule has 1 aromatic rings. The molecule has 106 valence electrons. The molecule has 0 unspecified atom stereocenters. The van der Waals surface area contributed by atoms with Crippen LogP contribution in [-0.4, -0.2) is 41.3 Å². The highest BCUT2D eigenvalue weighted by Gasteiger charge is 2.25. The third-order valence-electron chi connectivity index (χ3n) is 4.08. The molecule has 1 aliphatic carbocycles. The van der Waals surface area contributed by atoms with Crippen molar-refractivity contribution >= 4 is 0 Å². The van der Waals surface area contributed by atoms with Gasteiger partial charge in [0.1, 0.15) is 5.75 Å². The van der Waals surface area contributed by atoms with Crippen LogP contribution < -0.4 is 4.74 Å². The van der Waals surface area contributed by atoms with Gasteiger partial charge in [-0.3, -0.25) is 9.88 Å². The number of aryl methyl sites for hydroxylation is 1. The summed E-state index contributed by atoms with van der Waals surface area (Å²) in [4.78, 5) is 6.89. The van der Waals surface area contributed by atoms with Gasteiger partial charge in [0.05, 0.1) is 19.4 Å². The third-order valence-corrected chi connectivity index (χ3v) is 4.08. The Labute approximate surface area is 115 Å². The van der Waals surface area contributed by atoms with Crippen molar-refractivity contribution in [1.82, 2.24) is 9.88 Å². The number of nitrogens with zero attached hydrogens (tertiary/aromatic N) is 2. The van der Waals surface area contributed by atoms with Gasteiger partial charge >= 0.3 is 0 Å². The predicted molar refractivity (Wildman–Crippen MR) is 75.4 cm³/mol. The highest BCUT2D eigenvalue weighted by atomic mass is 16.5. The van der Waals surface area contributed by atoms with E-state index in [4.69, 9.17) is 4.74 Å². The summed E-state index contributed by atoms with van der Waals surface area (Å²) in [5, 5.41) is 9.21. The van der Waals surface area contributed by atoms with Gasteiger partial charge in [-0.05, 0) is 26.7 Å². The van der Waals surface area contributed by atoms with Crippen molar-refractivity contribution in [2.24, 2.45) is 0 Å². The molecule has 4 heteroatoms. The first-order valence-corrected chi connectivity index (χ1v) is 7.01. The molecule has 0 amide bonds. The Morgan fingerprint density at radius 3 is 2.68 bits per heavy atom. The number of methoxy groups -OCH3 is 1. The van der Waals surface area contributed by atoms with Crippen LogP contribution in [0.4, 0.5) is 0 Å². The monoisotopic (exact) mass is 264 g/mol. The molecule has 1 fully saturated rings. The second kappa shape index (κ2) is 6.35. The minimum Gasteiger partial charge on any atom is -0.496 e. The average molecular weight is 264 g/mol. The number of hydrogen-bond donors (Lipinski definition) is 1. The minimum absolute atomic E-state index is 0.207. The number of ether oxygens (including phenoxy) is 1. The number of rotatable bonds is 6. The molecule has 0 spiro atoms. The van der Waals surface area contributed by atoms with E-state index >= 15 is 0 Å².